The summed E-state index contributed by atoms with van der Waals surface area (Å²) in [6.07, 6.45) is 6.93. The highest BCUT2D eigenvalue weighted by Gasteiger charge is 2.27. The number of aromatic nitrogens is 2. The summed E-state index contributed by atoms with van der Waals surface area (Å²) in [7, 11) is 0. The first kappa shape index (κ1) is 16.6. The molecule has 1 aliphatic rings. The van der Waals surface area contributed by atoms with E-state index in [9.17, 15) is 4.79 Å². The van der Waals surface area contributed by atoms with E-state index in [1.165, 1.54) is 6.26 Å². The zero-order valence-electron chi connectivity index (χ0n) is 14.0. The average molecular weight is 370 g/mol. The molecule has 0 saturated carbocycles. The summed E-state index contributed by atoms with van der Waals surface area (Å²) in [6, 6.07) is 5.58. The number of hydrogen-bond acceptors (Lipinski definition) is 5. The van der Waals surface area contributed by atoms with Gasteiger partial charge in [0.15, 0.2) is 5.76 Å². The molecule has 3 heterocycles. The third-order valence-corrected chi connectivity index (χ3v) is 4.55. The maximum Gasteiger partial charge on any atom is 0.287 e. The summed E-state index contributed by atoms with van der Waals surface area (Å²) in [4.78, 5) is 20.5. The molecule has 0 bridgehead atoms. The largest absolute Gasteiger partial charge is 0.486 e. The molecule has 3 aromatic rings. The van der Waals surface area contributed by atoms with Gasteiger partial charge >= 0.3 is 0 Å². The molecule has 4 rings (SSSR count). The first-order valence-corrected chi connectivity index (χ1v) is 8.57. The molecule has 26 heavy (non-hydrogen) atoms. The number of fused-ring (bicyclic) bond motifs is 1. The molecule has 0 aliphatic carbocycles. The van der Waals surface area contributed by atoms with Crippen molar-refractivity contribution in [2.45, 2.75) is 19.4 Å². The summed E-state index contributed by atoms with van der Waals surface area (Å²) in [5.41, 5.74) is 3.44. The number of nitrogens with zero attached hydrogens (tertiary/aromatic N) is 2. The third-order valence-electron chi connectivity index (χ3n) is 4.27. The zero-order valence-corrected chi connectivity index (χ0v) is 14.8. The van der Waals surface area contributed by atoms with Gasteiger partial charge in [-0.15, -0.1) is 0 Å². The van der Waals surface area contributed by atoms with Gasteiger partial charge in [-0.2, -0.15) is 0 Å². The van der Waals surface area contributed by atoms with E-state index >= 15 is 0 Å². The molecule has 6 nitrogen and oxygen atoms in total. The van der Waals surface area contributed by atoms with Crippen LogP contribution in [0.4, 0.5) is 0 Å². The van der Waals surface area contributed by atoms with E-state index in [2.05, 4.69) is 15.3 Å². The van der Waals surface area contributed by atoms with Gasteiger partial charge in [0, 0.05) is 35.5 Å². The number of furan rings is 1. The number of amides is 1. The summed E-state index contributed by atoms with van der Waals surface area (Å²) in [6.45, 7) is 2.19. The van der Waals surface area contributed by atoms with Gasteiger partial charge < -0.3 is 14.5 Å². The highest BCUT2D eigenvalue weighted by atomic mass is 35.5. The summed E-state index contributed by atoms with van der Waals surface area (Å²) in [5.74, 6) is 0.731. The molecule has 2 aromatic heterocycles. The van der Waals surface area contributed by atoms with Crippen molar-refractivity contribution in [1.82, 2.24) is 15.3 Å². The minimum atomic E-state index is -0.251. The SMILES string of the molecule is Cc1ccoc1C(=O)NCC1Cc2cc(-c3cnccn3)cc(Cl)c2O1. The Labute approximate surface area is 155 Å². The summed E-state index contributed by atoms with van der Waals surface area (Å²) >= 11 is 6.38. The van der Waals surface area contributed by atoms with Gasteiger partial charge in [0.05, 0.1) is 29.7 Å². The van der Waals surface area contributed by atoms with Gasteiger partial charge in [0.1, 0.15) is 11.9 Å². The van der Waals surface area contributed by atoms with Crippen LogP contribution in [0.3, 0.4) is 0 Å². The van der Waals surface area contributed by atoms with Crippen LogP contribution in [0, 0.1) is 6.92 Å². The second-order valence-corrected chi connectivity index (χ2v) is 6.53. The lowest BCUT2D eigenvalue weighted by atomic mass is 10.0. The molecule has 1 N–H and O–H groups in total. The number of ether oxygens (including phenoxy) is 1. The molecule has 1 aromatic carbocycles. The van der Waals surface area contributed by atoms with Crippen molar-refractivity contribution in [3.8, 4) is 17.0 Å². The van der Waals surface area contributed by atoms with Crippen LogP contribution < -0.4 is 10.1 Å². The quantitative estimate of drug-likeness (QED) is 0.762. The number of benzene rings is 1. The number of carbonyl (C=O) groups excluding carboxylic acids is 1. The van der Waals surface area contributed by atoms with Crippen molar-refractivity contribution in [1.29, 1.82) is 0 Å². The Balaban J connectivity index is 1.46. The van der Waals surface area contributed by atoms with Crippen LogP contribution in [0.1, 0.15) is 21.7 Å². The lowest BCUT2D eigenvalue weighted by Gasteiger charge is -2.12. The molecule has 132 valence electrons. The lowest BCUT2D eigenvalue weighted by molar-refractivity contribution is 0.0905. The van der Waals surface area contributed by atoms with Crippen LogP contribution in [0.5, 0.6) is 5.75 Å². The fourth-order valence-corrected chi connectivity index (χ4v) is 3.27. The molecule has 0 fully saturated rings. The summed E-state index contributed by atoms with van der Waals surface area (Å²) in [5, 5.41) is 3.37. The predicted octanol–water partition coefficient (Wildman–Crippen LogP) is 3.43. The van der Waals surface area contributed by atoms with Crippen molar-refractivity contribution in [2.75, 3.05) is 6.54 Å². The van der Waals surface area contributed by atoms with Gasteiger partial charge in [0.25, 0.3) is 5.91 Å². The van der Waals surface area contributed by atoms with E-state index in [1.54, 1.807) is 24.7 Å². The molecule has 0 spiro atoms. The van der Waals surface area contributed by atoms with Gasteiger partial charge in [-0.3, -0.25) is 14.8 Å². The van der Waals surface area contributed by atoms with E-state index < -0.39 is 0 Å². The third kappa shape index (κ3) is 3.15. The Morgan fingerprint density at radius 1 is 1.38 bits per heavy atom. The minimum absolute atomic E-state index is 0.182. The van der Waals surface area contributed by atoms with Crippen molar-refractivity contribution < 1.29 is 13.9 Å². The van der Waals surface area contributed by atoms with Gasteiger partial charge in [-0.05, 0) is 25.1 Å². The highest BCUT2D eigenvalue weighted by molar-refractivity contribution is 6.32. The molecule has 0 radical (unpaired) electrons. The number of hydrogen-bond donors (Lipinski definition) is 1. The lowest BCUT2D eigenvalue weighted by Crippen LogP contribution is -2.34. The van der Waals surface area contributed by atoms with E-state index in [4.69, 9.17) is 20.8 Å². The Morgan fingerprint density at radius 2 is 2.27 bits per heavy atom. The number of aryl methyl sites for hydroxylation is 1. The monoisotopic (exact) mass is 369 g/mol. The molecule has 1 aliphatic heterocycles. The highest BCUT2D eigenvalue weighted by Crippen LogP contribution is 2.39. The summed E-state index contributed by atoms with van der Waals surface area (Å²) < 4.78 is 11.1. The Kier molecular flexibility index (Phi) is 4.34. The molecule has 1 atom stereocenters. The van der Waals surface area contributed by atoms with Crippen LogP contribution in [0.25, 0.3) is 11.3 Å². The van der Waals surface area contributed by atoms with E-state index in [-0.39, 0.29) is 12.0 Å². The van der Waals surface area contributed by atoms with Crippen LogP contribution in [0.2, 0.25) is 5.02 Å². The second kappa shape index (κ2) is 6.80. The zero-order chi connectivity index (χ0) is 18.1. The van der Waals surface area contributed by atoms with Crippen molar-refractivity contribution in [2.24, 2.45) is 0 Å². The van der Waals surface area contributed by atoms with Crippen LogP contribution >= 0.6 is 11.6 Å². The van der Waals surface area contributed by atoms with Crippen molar-refractivity contribution in [3.63, 3.8) is 0 Å². The molecular weight excluding hydrogens is 354 g/mol. The van der Waals surface area contributed by atoms with Crippen LogP contribution in [-0.2, 0) is 6.42 Å². The Bertz CT molecular complexity index is 956. The first-order chi connectivity index (χ1) is 12.6. The fourth-order valence-electron chi connectivity index (χ4n) is 2.99. The van der Waals surface area contributed by atoms with Gasteiger partial charge in [0.2, 0.25) is 0 Å². The second-order valence-electron chi connectivity index (χ2n) is 6.12. The Morgan fingerprint density at radius 3 is 3.00 bits per heavy atom. The first-order valence-electron chi connectivity index (χ1n) is 8.19. The molecule has 1 unspecified atom stereocenters. The van der Waals surface area contributed by atoms with E-state index in [0.717, 1.165) is 22.4 Å². The number of nitrogens with one attached hydrogen (secondary N) is 1. The molecular formula is C19H16ClN3O3. The van der Waals surface area contributed by atoms with Crippen molar-refractivity contribution in [3.05, 3.63) is 65.0 Å². The normalized spacial score (nSPS) is 15.4. The van der Waals surface area contributed by atoms with E-state index in [0.29, 0.717) is 29.5 Å². The van der Waals surface area contributed by atoms with Crippen LogP contribution in [0.15, 0.2) is 47.5 Å². The number of rotatable bonds is 4. The maximum atomic E-state index is 12.2. The fraction of sp³-hybridized carbons (Fsp3) is 0.211. The minimum Gasteiger partial charge on any atom is -0.486 e. The van der Waals surface area contributed by atoms with Gasteiger partial charge in [-0.25, -0.2) is 0 Å². The molecule has 7 heteroatoms. The molecule has 1 amide bonds. The topological polar surface area (TPSA) is 77.3 Å². The van der Waals surface area contributed by atoms with E-state index in [1.807, 2.05) is 19.1 Å². The maximum absolute atomic E-state index is 12.2. The smallest absolute Gasteiger partial charge is 0.287 e. The number of carbonyl (C=O) groups is 1. The molecule has 0 saturated heterocycles. The van der Waals surface area contributed by atoms with Crippen LogP contribution in [-0.4, -0.2) is 28.5 Å². The van der Waals surface area contributed by atoms with Crippen molar-refractivity contribution >= 4 is 17.5 Å². The average Bonchev–Trinajstić information content (AvgIpc) is 3.26. The van der Waals surface area contributed by atoms with Gasteiger partial charge in [-0.1, -0.05) is 11.6 Å². The standard InChI is InChI=1S/C19H16ClN3O3/c1-11-2-5-25-17(11)19(24)23-9-14-7-13-6-12(8-15(20)18(13)26-14)16-10-21-3-4-22-16/h2-6,8,10,14H,7,9H2,1H3,(H,23,24). The Hall–Kier alpha value is -2.86. The predicted molar refractivity (Wildman–Crippen MR) is 96.4 cm³/mol. The number of halogens is 1.